The van der Waals surface area contributed by atoms with Crippen LogP contribution < -0.4 is 0 Å². The molecule has 8 heteroatoms. The molecule has 228 valence electrons. The number of hydrogen-bond donors (Lipinski definition) is 0. The molecule has 0 N–H and O–H groups in total. The van der Waals surface area contributed by atoms with Gasteiger partial charge in [-0.1, -0.05) is 60.7 Å². The maximum atomic E-state index is 15.2. The predicted octanol–water partition coefficient (Wildman–Crippen LogP) is 10.5. The average molecular weight is 631 g/mol. The lowest BCUT2D eigenvalue weighted by Gasteiger charge is -2.11. The predicted molar refractivity (Wildman–Crippen MR) is 167 cm³/mol. The molecule has 6 aromatic carbocycles. The van der Waals surface area contributed by atoms with Gasteiger partial charge in [0, 0.05) is 22.3 Å². The lowest BCUT2D eigenvalue weighted by molar-refractivity contribution is 0.620. The van der Waals surface area contributed by atoms with Crippen molar-refractivity contribution in [3.8, 4) is 56.6 Å². The Morgan fingerprint density at radius 3 is 0.957 bits per heavy atom. The van der Waals surface area contributed by atoms with Crippen LogP contribution in [0.1, 0.15) is 22.3 Å². The van der Waals surface area contributed by atoms with Crippen LogP contribution in [0.3, 0.4) is 0 Å². The monoisotopic (exact) mass is 630 g/mol. The van der Waals surface area contributed by atoms with Crippen molar-refractivity contribution in [3.05, 3.63) is 166 Å². The number of nitrogens with zero attached hydrogens (tertiary/aromatic N) is 2. The molecule has 0 aromatic heterocycles. The van der Waals surface area contributed by atoms with E-state index >= 15 is 8.78 Å². The Morgan fingerprint density at radius 2 is 0.660 bits per heavy atom. The fourth-order valence-electron chi connectivity index (χ4n) is 5.42. The maximum absolute atomic E-state index is 15.2. The van der Waals surface area contributed by atoms with Gasteiger partial charge in [-0.25, -0.2) is 26.3 Å². The summed E-state index contributed by atoms with van der Waals surface area (Å²) in [7, 11) is 0. The van der Waals surface area contributed by atoms with Gasteiger partial charge in [0.15, 0.2) is 0 Å². The summed E-state index contributed by atoms with van der Waals surface area (Å²) >= 11 is 0. The van der Waals surface area contributed by atoms with Crippen molar-refractivity contribution < 1.29 is 26.3 Å². The molecular formula is C39H20F6N2. The number of nitriles is 2. The molecule has 0 saturated carbocycles. The van der Waals surface area contributed by atoms with Gasteiger partial charge in [0.2, 0.25) is 0 Å². The minimum Gasteiger partial charge on any atom is -0.206 e. The first-order chi connectivity index (χ1) is 22.6. The Morgan fingerprint density at radius 1 is 0.362 bits per heavy atom. The lowest BCUT2D eigenvalue weighted by Crippen LogP contribution is -1.95. The molecule has 0 fully saturated rings. The molecular weight excluding hydrogens is 610 g/mol. The third-order valence-corrected chi connectivity index (χ3v) is 7.84. The minimum absolute atomic E-state index is 0.0972. The van der Waals surface area contributed by atoms with Gasteiger partial charge in [-0.2, -0.15) is 10.5 Å². The fourth-order valence-corrected chi connectivity index (χ4v) is 5.42. The molecule has 0 heterocycles. The van der Waals surface area contributed by atoms with E-state index in [0.717, 1.165) is 24.3 Å². The Kier molecular flexibility index (Phi) is 8.35. The molecule has 47 heavy (non-hydrogen) atoms. The van der Waals surface area contributed by atoms with Crippen molar-refractivity contribution in [1.29, 1.82) is 10.5 Å². The Hall–Kier alpha value is -6.12. The molecule has 2 nitrogen and oxygen atoms in total. The first kappa shape index (κ1) is 30.9. The number of hydrogen-bond acceptors (Lipinski definition) is 2. The van der Waals surface area contributed by atoms with E-state index in [2.05, 4.69) is 0 Å². The van der Waals surface area contributed by atoms with Crippen LogP contribution in [0.4, 0.5) is 26.3 Å². The van der Waals surface area contributed by atoms with Gasteiger partial charge in [-0.05, 0) is 88.3 Å². The summed E-state index contributed by atoms with van der Waals surface area (Å²) in [5.41, 5.74) is 2.23. The zero-order valence-corrected chi connectivity index (χ0v) is 24.3. The number of benzene rings is 6. The molecule has 0 aliphatic rings. The summed E-state index contributed by atoms with van der Waals surface area (Å²) < 4.78 is 88.5. The topological polar surface area (TPSA) is 47.6 Å². The van der Waals surface area contributed by atoms with Gasteiger partial charge in [0.05, 0.1) is 11.1 Å². The molecule has 6 rings (SSSR count). The van der Waals surface area contributed by atoms with E-state index in [-0.39, 0.29) is 62.1 Å². The quantitative estimate of drug-likeness (QED) is 0.172. The molecule has 0 amide bonds. The Balaban J connectivity index is 1.19. The third-order valence-electron chi connectivity index (χ3n) is 7.84. The second-order valence-corrected chi connectivity index (χ2v) is 10.8. The van der Waals surface area contributed by atoms with E-state index in [1.807, 2.05) is 0 Å². The summed E-state index contributed by atoms with van der Waals surface area (Å²) in [4.78, 5) is 0. The molecule has 0 saturated heterocycles. The van der Waals surface area contributed by atoms with Crippen LogP contribution in [0.2, 0.25) is 0 Å². The minimum atomic E-state index is -0.771. The van der Waals surface area contributed by atoms with Crippen LogP contribution in [-0.2, 0) is 6.42 Å². The van der Waals surface area contributed by atoms with E-state index in [4.69, 9.17) is 10.5 Å². The number of rotatable bonds is 6. The van der Waals surface area contributed by atoms with Crippen molar-refractivity contribution >= 4 is 0 Å². The van der Waals surface area contributed by atoms with Crippen molar-refractivity contribution in [2.45, 2.75) is 6.42 Å². The standard InChI is InChI=1S/C39H20F6N2/c40-34-16-24(3-5-28(34)20-46)32-11-7-26(18-38(32)44)30-9-1-22(14-36(30)42)13-23-2-10-31(37(43)15-23)27-8-12-33(39(45)19-27)25-4-6-29(21-47)35(41)17-25/h1-12,14-19H,13H2. The van der Waals surface area contributed by atoms with E-state index in [9.17, 15) is 17.6 Å². The van der Waals surface area contributed by atoms with Gasteiger partial charge >= 0.3 is 0 Å². The summed E-state index contributed by atoms with van der Waals surface area (Å²) in [6.07, 6.45) is 0.184. The SMILES string of the molecule is N#Cc1ccc(-c2ccc(-c3ccc(Cc4ccc(-c5ccc(-c6ccc(C#N)c(F)c6)c(F)c5)c(F)c4)cc3F)cc2F)cc1F. The van der Waals surface area contributed by atoms with Crippen LogP contribution in [0.25, 0.3) is 44.5 Å². The molecule has 0 aliphatic carbocycles. The molecule has 0 spiro atoms. The van der Waals surface area contributed by atoms with Crippen molar-refractivity contribution in [1.82, 2.24) is 0 Å². The van der Waals surface area contributed by atoms with Gasteiger partial charge in [0.25, 0.3) is 0 Å². The second-order valence-electron chi connectivity index (χ2n) is 10.8. The van der Waals surface area contributed by atoms with E-state index in [1.165, 1.54) is 72.8 Å². The van der Waals surface area contributed by atoms with E-state index < -0.39 is 34.9 Å². The second kappa shape index (κ2) is 12.7. The van der Waals surface area contributed by atoms with E-state index in [0.29, 0.717) is 11.1 Å². The lowest BCUT2D eigenvalue weighted by atomic mass is 9.95. The molecule has 0 atom stereocenters. The van der Waals surface area contributed by atoms with Crippen molar-refractivity contribution in [2.75, 3.05) is 0 Å². The molecule has 0 unspecified atom stereocenters. The summed E-state index contributed by atoms with van der Waals surface area (Å²) in [5, 5.41) is 17.8. The van der Waals surface area contributed by atoms with E-state index in [1.54, 1.807) is 24.3 Å². The summed E-state index contributed by atoms with van der Waals surface area (Å²) in [6, 6.07) is 27.9. The first-order valence-corrected chi connectivity index (χ1v) is 14.2. The van der Waals surface area contributed by atoms with Crippen molar-refractivity contribution in [3.63, 3.8) is 0 Å². The Bertz CT molecular complexity index is 2120. The third kappa shape index (κ3) is 6.22. The summed E-state index contributed by atoms with van der Waals surface area (Å²) in [6.45, 7) is 0. The number of halogens is 6. The van der Waals surface area contributed by atoms with Gasteiger partial charge in [0.1, 0.15) is 47.0 Å². The maximum Gasteiger partial charge on any atom is 0.141 e. The van der Waals surface area contributed by atoms with Crippen LogP contribution in [0, 0.1) is 57.6 Å². The Labute approximate surface area is 266 Å². The average Bonchev–Trinajstić information content (AvgIpc) is 3.05. The molecule has 0 radical (unpaired) electrons. The molecule has 6 aromatic rings. The molecule has 0 aliphatic heterocycles. The highest BCUT2D eigenvalue weighted by Crippen LogP contribution is 2.33. The van der Waals surface area contributed by atoms with Crippen molar-refractivity contribution in [2.24, 2.45) is 0 Å². The van der Waals surface area contributed by atoms with Crippen LogP contribution >= 0.6 is 0 Å². The van der Waals surface area contributed by atoms with Gasteiger partial charge in [-0.15, -0.1) is 0 Å². The highest BCUT2D eigenvalue weighted by atomic mass is 19.1. The smallest absolute Gasteiger partial charge is 0.141 e. The zero-order valence-electron chi connectivity index (χ0n) is 24.3. The highest BCUT2D eigenvalue weighted by molar-refractivity contribution is 5.73. The largest absolute Gasteiger partial charge is 0.206 e. The molecule has 0 bridgehead atoms. The van der Waals surface area contributed by atoms with Crippen LogP contribution in [-0.4, -0.2) is 0 Å². The van der Waals surface area contributed by atoms with Gasteiger partial charge in [-0.3, -0.25) is 0 Å². The normalized spacial score (nSPS) is 10.8. The fraction of sp³-hybridized carbons (Fsp3) is 0.0256. The van der Waals surface area contributed by atoms with Crippen LogP contribution in [0.5, 0.6) is 0 Å². The van der Waals surface area contributed by atoms with Crippen LogP contribution in [0.15, 0.2) is 109 Å². The zero-order chi connectivity index (χ0) is 33.2. The van der Waals surface area contributed by atoms with Gasteiger partial charge < -0.3 is 0 Å². The summed E-state index contributed by atoms with van der Waals surface area (Å²) in [5.74, 6) is -4.16. The highest BCUT2D eigenvalue weighted by Gasteiger charge is 2.15. The first-order valence-electron chi connectivity index (χ1n) is 14.2.